The second kappa shape index (κ2) is 13.0. The molecule has 0 saturated carbocycles. The van der Waals surface area contributed by atoms with Crippen LogP contribution in [0.5, 0.6) is 5.75 Å². The number of piperidine rings is 1. The van der Waals surface area contributed by atoms with Gasteiger partial charge in [0.1, 0.15) is 11.6 Å². The SMILES string of the molecule is COc1ccc(CN(c2cccc(F)n2)S(=O)(=O)c2ncc(NC3CCN(C(C)c4ccccc4)CC3)c(C)c2F)cc1. The monoisotopic (exact) mass is 607 g/mol. The summed E-state index contributed by atoms with van der Waals surface area (Å²) >= 11 is 0. The lowest BCUT2D eigenvalue weighted by Crippen LogP contribution is -2.40. The molecule has 1 unspecified atom stereocenters. The molecule has 0 amide bonds. The molecule has 1 aliphatic rings. The molecule has 1 aliphatic heterocycles. The van der Waals surface area contributed by atoms with Crippen molar-refractivity contribution < 1.29 is 21.9 Å². The Balaban J connectivity index is 1.35. The van der Waals surface area contributed by atoms with Gasteiger partial charge in [-0.2, -0.15) is 12.8 Å². The average Bonchev–Trinajstić information content (AvgIpc) is 3.02. The number of benzene rings is 2. The first-order valence-electron chi connectivity index (χ1n) is 14.2. The number of hydrogen-bond donors (Lipinski definition) is 1. The van der Waals surface area contributed by atoms with E-state index >= 15 is 4.39 Å². The maximum atomic E-state index is 15.8. The Morgan fingerprint density at radius 3 is 2.37 bits per heavy atom. The van der Waals surface area contributed by atoms with Gasteiger partial charge in [-0.05, 0) is 62.1 Å². The van der Waals surface area contributed by atoms with Crippen LogP contribution in [0, 0.1) is 18.7 Å². The summed E-state index contributed by atoms with van der Waals surface area (Å²) in [5.41, 5.74) is 2.42. The van der Waals surface area contributed by atoms with Gasteiger partial charge in [-0.3, -0.25) is 4.90 Å². The van der Waals surface area contributed by atoms with E-state index in [0.717, 1.165) is 36.3 Å². The van der Waals surface area contributed by atoms with Gasteiger partial charge in [-0.25, -0.2) is 18.7 Å². The van der Waals surface area contributed by atoms with E-state index in [1.165, 1.54) is 37.9 Å². The summed E-state index contributed by atoms with van der Waals surface area (Å²) in [5, 5.41) is 2.63. The van der Waals surface area contributed by atoms with Gasteiger partial charge in [0.05, 0.1) is 25.5 Å². The normalized spacial score (nSPS) is 15.2. The van der Waals surface area contributed by atoms with Crippen LogP contribution in [0.2, 0.25) is 0 Å². The molecule has 226 valence electrons. The summed E-state index contributed by atoms with van der Waals surface area (Å²) in [6.45, 7) is 5.25. The Bertz CT molecular complexity index is 1650. The number of hydrogen-bond acceptors (Lipinski definition) is 7. The van der Waals surface area contributed by atoms with Crippen LogP contribution in [0.4, 0.5) is 20.3 Å². The van der Waals surface area contributed by atoms with Crippen molar-refractivity contribution in [1.82, 2.24) is 14.9 Å². The molecule has 1 fully saturated rings. The zero-order chi connectivity index (χ0) is 30.6. The first-order valence-corrected chi connectivity index (χ1v) is 15.6. The van der Waals surface area contributed by atoms with Crippen molar-refractivity contribution in [1.29, 1.82) is 0 Å². The van der Waals surface area contributed by atoms with Crippen molar-refractivity contribution in [3.63, 3.8) is 0 Å². The molecule has 2 aromatic carbocycles. The molecule has 1 atom stereocenters. The maximum absolute atomic E-state index is 15.8. The van der Waals surface area contributed by atoms with E-state index in [-0.39, 0.29) is 24.0 Å². The van der Waals surface area contributed by atoms with Crippen LogP contribution in [0.3, 0.4) is 0 Å². The van der Waals surface area contributed by atoms with Crippen molar-refractivity contribution in [2.75, 3.05) is 29.8 Å². The van der Waals surface area contributed by atoms with Crippen molar-refractivity contribution in [2.24, 2.45) is 0 Å². The molecular weight excluding hydrogens is 572 g/mol. The first-order chi connectivity index (χ1) is 20.7. The molecule has 0 bridgehead atoms. The molecule has 0 spiro atoms. The van der Waals surface area contributed by atoms with Crippen molar-refractivity contribution in [2.45, 2.75) is 50.3 Å². The Hall–Kier alpha value is -4.09. The molecule has 0 aliphatic carbocycles. The van der Waals surface area contributed by atoms with Gasteiger partial charge in [0.15, 0.2) is 5.82 Å². The van der Waals surface area contributed by atoms with Crippen LogP contribution in [0.25, 0.3) is 0 Å². The highest BCUT2D eigenvalue weighted by atomic mass is 32.2. The number of pyridine rings is 2. The second-order valence-electron chi connectivity index (χ2n) is 10.6. The third kappa shape index (κ3) is 6.78. The molecule has 2 aromatic heterocycles. The van der Waals surface area contributed by atoms with E-state index in [9.17, 15) is 12.8 Å². The van der Waals surface area contributed by atoms with Crippen LogP contribution >= 0.6 is 0 Å². The molecule has 4 aromatic rings. The minimum Gasteiger partial charge on any atom is -0.497 e. The zero-order valence-corrected chi connectivity index (χ0v) is 25.2. The molecule has 0 radical (unpaired) electrons. The lowest BCUT2D eigenvalue weighted by Gasteiger charge is -2.37. The predicted molar refractivity (Wildman–Crippen MR) is 163 cm³/mol. The minimum atomic E-state index is -4.58. The molecule has 5 rings (SSSR count). The lowest BCUT2D eigenvalue weighted by molar-refractivity contribution is 0.167. The third-order valence-electron chi connectivity index (χ3n) is 7.93. The van der Waals surface area contributed by atoms with Crippen molar-refractivity contribution in [3.05, 3.63) is 107 Å². The quantitative estimate of drug-likeness (QED) is 0.218. The Kier molecular flexibility index (Phi) is 9.22. The molecule has 43 heavy (non-hydrogen) atoms. The van der Waals surface area contributed by atoms with Crippen LogP contribution in [-0.2, 0) is 16.6 Å². The van der Waals surface area contributed by atoms with E-state index in [1.54, 1.807) is 24.3 Å². The van der Waals surface area contributed by atoms with Gasteiger partial charge in [-0.15, -0.1) is 0 Å². The second-order valence-corrected chi connectivity index (χ2v) is 12.4. The van der Waals surface area contributed by atoms with E-state index in [4.69, 9.17) is 4.74 Å². The number of ether oxygens (including phenoxy) is 1. The maximum Gasteiger partial charge on any atom is 0.286 e. The van der Waals surface area contributed by atoms with Gasteiger partial charge < -0.3 is 10.1 Å². The zero-order valence-electron chi connectivity index (χ0n) is 24.4. The number of likely N-dealkylation sites (tertiary alicyclic amines) is 1. The number of nitrogens with one attached hydrogen (secondary N) is 1. The smallest absolute Gasteiger partial charge is 0.286 e. The van der Waals surface area contributed by atoms with Crippen molar-refractivity contribution in [3.8, 4) is 5.75 Å². The highest BCUT2D eigenvalue weighted by Crippen LogP contribution is 2.31. The third-order valence-corrected chi connectivity index (χ3v) is 9.60. The van der Waals surface area contributed by atoms with Gasteiger partial charge in [0.25, 0.3) is 10.0 Å². The number of sulfonamides is 1. The van der Waals surface area contributed by atoms with Gasteiger partial charge in [0.2, 0.25) is 11.0 Å². The minimum absolute atomic E-state index is 0.0876. The molecule has 1 N–H and O–H groups in total. The highest BCUT2D eigenvalue weighted by Gasteiger charge is 2.33. The standard InChI is InChI=1S/C32H35F2N5O3S/c1-22-28(36-26-16-18-38(19-17-26)23(2)25-8-5-4-6-9-25)20-35-32(31(22)34)43(40,41)39(30-11-7-10-29(33)37-30)21-24-12-14-27(42-3)15-13-24/h4-15,20,23,26,36H,16-19,21H2,1-3H3. The van der Waals surface area contributed by atoms with E-state index in [2.05, 4.69) is 39.2 Å². The molecule has 1 saturated heterocycles. The van der Waals surface area contributed by atoms with Gasteiger partial charge >= 0.3 is 0 Å². The van der Waals surface area contributed by atoms with E-state index in [0.29, 0.717) is 23.0 Å². The molecular formula is C32H35F2N5O3S. The number of anilines is 2. The Labute approximate surface area is 251 Å². The molecule has 8 nitrogen and oxygen atoms in total. The summed E-state index contributed by atoms with van der Waals surface area (Å²) in [6, 6.07) is 21.3. The van der Waals surface area contributed by atoms with Crippen LogP contribution < -0.4 is 14.4 Å². The average molecular weight is 608 g/mol. The van der Waals surface area contributed by atoms with Crippen molar-refractivity contribution >= 4 is 21.5 Å². The summed E-state index contributed by atoms with van der Waals surface area (Å²) < 4.78 is 63.7. The summed E-state index contributed by atoms with van der Waals surface area (Å²) in [5.74, 6) is -1.42. The number of aromatic nitrogens is 2. The van der Waals surface area contributed by atoms with Crippen LogP contribution in [-0.4, -0.2) is 49.5 Å². The topological polar surface area (TPSA) is 87.7 Å². The van der Waals surface area contributed by atoms with E-state index in [1.807, 2.05) is 18.2 Å². The summed E-state index contributed by atoms with van der Waals surface area (Å²) in [7, 11) is -3.06. The fraction of sp³-hybridized carbons (Fsp3) is 0.312. The fourth-order valence-electron chi connectivity index (χ4n) is 5.30. The number of nitrogens with zero attached hydrogens (tertiary/aromatic N) is 4. The molecule has 3 heterocycles. The van der Waals surface area contributed by atoms with Gasteiger partial charge in [0, 0.05) is 30.7 Å². The summed E-state index contributed by atoms with van der Waals surface area (Å²) in [6.07, 6.45) is 3.05. The fourth-order valence-corrected chi connectivity index (χ4v) is 6.74. The number of methoxy groups -OCH3 is 1. The molecule has 11 heteroatoms. The van der Waals surface area contributed by atoms with Gasteiger partial charge in [-0.1, -0.05) is 48.5 Å². The largest absolute Gasteiger partial charge is 0.497 e. The highest BCUT2D eigenvalue weighted by molar-refractivity contribution is 7.92. The van der Waals surface area contributed by atoms with E-state index < -0.39 is 26.8 Å². The van der Waals surface area contributed by atoms with Crippen LogP contribution in [0.15, 0.2) is 84.0 Å². The Morgan fingerprint density at radius 2 is 1.72 bits per heavy atom. The Morgan fingerprint density at radius 1 is 1.02 bits per heavy atom. The number of rotatable bonds is 10. The number of halogens is 2. The van der Waals surface area contributed by atoms with Crippen LogP contribution in [0.1, 0.15) is 42.5 Å². The summed E-state index contributed by atoms with van der Waals surface area (Å²) in [4.78, 5) is 10.3. The first kappa shape index (κ1) is 30.4. The lowest BCUT2D eigenvalue weighted by atomic mass is 10.00. The predicted octanol–water partition coefficient (Wildman–Crippen LogP) is 6.10.